The molecule has 0 saturated heterocycles. The molecule has 8 heteroatoms. The van der Waals surface area contributed by atoms with Crippen molar-refractivity contribution in [1.82, 2.24) is 19.7 Å². The average molecular weight is 248 g/mol. The fourth-order valence-electron chi connectivity index (χ4n) is 1.42. The first kappa shape index (κ1) is 12.0. The number of rotatable bonds is 4. The van der Waals surface area contributed by atoms with E-state index in [1.165, 1.54) is 12.4 Å². The highest BCUT2D eigenvalue weighted by Gasteiger charge is 2.11. The molecule has 0 spiro atoms. The van der Waals surface area contributed by atoms with Crippen LogP contribution in [0.15, 0.2) is 24.7 Å². The van der Waals surface area contributed by atoms with Gasteiger partial charge in [0.05, 0.1) is 16.7 Å². The molecule has 2 aromatic rings. The van der Waals surface area contributed by atoms with Crippen LogP contribution in [0, 0.1) is 10.1 Å². The van der Waals surface area contributed by atoms with E-state index in [-0.39, 0.29) is 11.7 Å². The van der Waals surface area contributed by atoms with Gasteiger partial charge in [0.15, 0.2) is 0 Å². The predicted molar refractivity (Wildman–Crippen MR) is 63.9 cm³/mol. The second-order valence-electron chi connectivity index (χ2n) is 3.80. The average Bonchev–Trinajstić information content (AvgIpc) is 2.76. The first-order valence-corrected chi connectivity index (χ1v) is 5.29. The van der Waals surface area contributed by atoms with Crippen molar-refractivity contribution < 1.29 is 4.92 Å². The number of aryl methyl sites for hydroxylation is 1. The summed E-state index contributed by atoms with van der Waals surface area (Å²) in [4.78, 5) is 17.7. The highest BCUT2D eigenvalue weighted by molar-refractivity contribution is 5.32. The molecule has 1 unspecified atom stereocenters. The number of nitro groups is 1. The van der Waals surface area contributed by atoms with Gasteiger partial charge in [-0.2, -0.15) is 5.10 Å². The summed E-state index contributed by atoms with van der Waals surface area (Å²) < 4.78 is 1.70. The Hall–Kier alpha value is -2.51. The Bertz CT molecular complexity index is 550. The van der Waals surface area contributed by atoms with Crippen LogP contribution in [0.1, 0.15) is 18.7 Å². The van der Waals surface area contributed by atoms with Gasteiger partial charge in [0.25, 0.3) is 0 Å². The molecule has 2 aromatic heterocycles. The van der Waals surface area contributed by atoms with Crippen LogP contribution >= 0.6 is 0 Å². The molecule has 0 aromatic carbocycles. The summed E-state index contributed by atoms with van der Waals surface area (Å²) in [7, 11) is 1.83. The number of hydrogen-bond acceptors (Lipinski definition) is 6. The smallest absolute Gasteiger partial charge is 0.305 e. The predicted octanol–water partition coefficient (Wildman–Crippen LogP) is 1.29. The fraction of sp³-hybridized carbons (Fsp3) is 0.300. The molecular weight excluding hydrogens is 236 g/mol. The number of nitrogens with one attached hydrogen (secondary N) is 1. The SMILES string of the molecule is CC(Nc1ncc([N+](=O)[O-])cn1)c1ccn(C)n1. The summed E-state index contributed by atoms with van der Waals surface area (Å²) in [5.41, 5.74) is 0.713. The van der Waals surface area contributed by atoms with Crippen LogP contribution in [0.3, 0.4) is 0 Å². The van der Waals surface area contributed by atoms with Gasteiger partial charge < -0.3 is 5.32 Å². The summed E-state index contributed by atoms with van der Waals surface area (Å²) in [6.45, 7) is 1.91. The van der Waals surface area contributed by atoms with E-state index < -0.39 is 4.92 Å². The van der Waals surface area contributed by atoms with Gasteiger partial charge in [-0.05, 0) is 13.0 Å². The van der Waals surface area contributed by atoms with Crippen LogP contribution in [0.2, 0.25) is 0 Å². The van der Waals surface area contributed by atoms with E-state index in [0.717, 1.165) is 5.69 Å². The summed E-state index contributed by atoms with van der Waals surface area (Å²) in [5.74, 6) is 0.332. The standard InChI is InChI=1S/C10H12N6O2/c1-7(9-3-4-15(2)14-9)13-10-11-5-8(6-12-10)16(17)18/h3-7H,1-2H3,(H,11,12,13). The van der Waals surface area contributed by atoms with E-state index in [0.29, 0.717) is 5.95 Å². The van der Waals surface area contributed by atoms with Crippen molar-refractivity contribution in [2.75, 3.05) is 5.32 Å². The van der Waals surface area contributed by atoms with Gasteiger partial charge in [0.1, 0.15) is 12.4 Å². The Morgan fingerprint density at radius 2 is 2.11 bits per heavy atom. The molecule has 0 aliphatic heterocycles. The van der Waals surface area contributed by atoms with E-state index in [9.17, 15) is 10.1 Å². The van der Waals surface area contributed by atoms with E-state index in [2.05, 4.69) is 20.4 Å². The Morgan fingerprint density at radius 1 is 1.44 bits per heavy atom. The summed E-state index contributed by atoms with van der Waals surface area (Å²) in [6.07, 6.45) is 4.17. The van der Waals surface area contributed by atoms with Crippen molar-refractivity contribution in [1.29, 1.82) is 0 Å². The van der Waals surface area contributed by atoms with Gasteiger partial charge >= 0.3 is 5.69 Å². The molecule has 0 saturated carbocycles. The molecule has 0 bridgehead atoms. The van der Waals surface area contributed by atoms with Crippen LogP contribution in [0.4, 0.5) is 11.6 Å². The third kappa shape index (κ3) is 2.59. The highest BCUT2D eigenvalue weighted by atomic mass is 16.6. The Kier molecular flexibility index (Phi) is 3.18. The molecule has 0 fully saturated rings. The third-order valence-electron chi connectivity index (χ3n) is 2.37. The molecular formula is C10H12N6O2. The van der Waals surface area contributed by atoms with Crippen molar-refractivity contribution in [2.45, 2.75) is 13.0 Å². The molecule has 0 amide bonds. The zero-order chi connectivity index (χ0) is 13.1. The lowest BCUT2D eigenvalue weighted by Crippen LogP contribution is -2.10. The van der Waals surface area contributed by atoms with Crippen molar-refractivity contribution in [3.05, 3.63) is 40.5 Å². The number of hydrogen-bond donors (Lipinski definition) is 1. The molecule has 94 valence electrons. The van der Waals surface area contributed by atoms with Crippen LogP contribution < -0.4 is 5.32 Å². The van der Waals surface area contributed by atoms with Gasteiger partial charge in [-0.3, -0.25) is 14.8 Å². The van der Waals surface area contributed by atoms with Crippen molar-refractivity contribution in [3.63, 3.8) is 0 Å². The Morgan fingerprint density at radius 3 is 2.61 bits per heavy atom. The summed E-state index contributed by atoms with van der Waals surface area (Å²) in [5, 5.41) is 17.7. The minimum Gasteiger partial charge on any atom is -0.346 e. The monoisotopic (exact) mass is 248 g/mol. The van der Waals surface area contributed by atoms with Crippen LogP contribution in [0.5, 0.6) is 0 Å². The topological polar surface area (TPSA) is 98.8 Å². The third-order valence-corrected chi connectivity index (χ3v) is 2.37. The quantitative estimate of drug-likeness (QED) is 0.646. The maximum atomic E-state index is 10.5. The molecule has 1 N–H and O–H groups in total. The van der Waals surface area contributed by atoms with Gasteiger partial charge in [-0.25, -0.2) is 9.97 Å². The van der Waals surface area contributed by atoms with Crippen LogP contribution in [-0.4, -0.2) is 24.7 Å². The number of nitrogens with zero attached hydrogens (tertiary/aromatic N) is 5. The highest BCUT2D eigenvalue weighted by Crippen LogP contribution is 2.15. The van der Waals surface area contributed by atoms with Gasteiger partial charge in [-0.15, -0.1) is 0 Å². The maximum absolute atomic E-state index is 10.5. The first-order chi connectivity index (χ1) is 8.56. The van der Waals surface area contributed by atoms with E-state index >= 15 is 0 Å². The van der Waals surface area contributed by atoms with Gasteiger partial charge in [0, 0.05) is 13.2 Å². The molecule has 2 heterocycles. The van der Waals surface area contributed by atoms with Crippen LogP contribution in [0.25, 0.3) is 0 Å². The Labute approximate surface area is 103 Å². The lowest BCUT2D eigenvalue weighted by molar-refractivity contribution is -0.385. The van der Waals surface area contributed by atoms with Crippen molar-refractivity contribution in [3.8, 4) is 0 Å². The molecule has 8 nitrogen and oxygen atoms in total. The summed E-state index contributed by atoms with van der Waals surface area (Å²) >= 11 is 0. The number of anilines is 1. The lowest BCUT2D eigenvalue weighted by Gasteiger charge is -2.10. The molecule has 18 heavy (non-hydrogen) atoms. The molecule has 0 aliphatic rings. The first-order valence-electron chi connectivity index (χ1n) is 5.29. The summed E-state index contributed by atoms with van der Waals surface area (Å²) in [6, 6.07) is 1.80. The normalized spacial score (nSPS) is 12.1. The molecule has 1 atom stereocenters. The zero-order valence-electron chi connectivity index (χ0n) is 9.94. The van der Waals surface area contributed by atoms with E-state index in [1.807, 2.05) is 26.2 Å². The molecule has 0 aliphatic carbocycles. The largest absolute Gasteiger partial charge is 0.346 e. The fourth-order valence-corrected chi connectivity index (χ4v) is 1.42. The zero-order valence-corrected chi connectivity index (χ0v) is 9.94. The van der Waals surface area contributed by atoms with Crippen molar-refractivity contribution >= 4 is 11.6 Å². The van der Waals surface area contributed by atoms with Crippen molar-refractivity contribution in [2.24, 2.45) is 7.05 Å². The second-order valence-corrected chi connectivity index (χ2v) is 3.80. The minimum atomic E-state index is -0.536. The Balaban J connectivity index is 2.07. The molecule has 2 rings (SSSR count). The lowest BCUT2D eigenvalue weighted by atomic mass is 10.2. The van der Waals surface area contributed by atoms with Gasteiger partial charge in [0.2, 0.25) is 5.95 Å². The molecule has 0 radical (unpaired) electrons. The van der Waals surface area contributed by atoms with E-state index in [4.69, 9.17) is 0 Å². The minimum absolute atomic E-state index is 0.0762. The maximum Gasteiger partial charge on any atom is 0.305 e. The van der Waals surface area contributed by atoms with Gasteiger partial charge in [-0.1, -0.05) is 0 Å². The number of aromatic nitrogens is 4. The van der Waals surface area contributed by atoms with Crippen LogP contribution in [-0.2, 0) is 7.05 Å². The second kappa shape index (κ2) is 4.78. The van der Waals surface area contributed by atoms with E-state index in [1.54, 1.807) is 4.68 Å².